The first-order chi connectivity index (χ1) is 9.83. The number of halogens is 1. The number of benzene rings is 1. The molecule has 0 radical (unpaired) electrons. The van der Waals surface area contributed by atoms with Crippen LogP contribution in [0.4, 0.5) is 5.69 Å². The van der Waals surface area contributed by atoms with Crippen molar-refractivity contribution in [3.8, 4) is 11.5 Å². The molecule has 21 heavy (non-hydrogen) atoms. The first kappa shape index (κ1) is 17.5. The summed E-state index contributed by atoms with van der Waals surface area (Å²) in [5, 5.41) is 10.7. The van der Waals surface area contributed by atoms with Gasteiger partial charge in [0.2, 0.25) is 9.05 Å². The molecule has 0 aromatic heterocycles. The fourth-order valence-corrected chi connectivity index (χ4v) is 1.87. The minimum absolute atomic E-state index is 0.0543. The van der Waals surface area contributed by atoms with Gasteiger partial charge in [-0.2, -0.15) is 0 Å². The molecule has 0 atom stereocenters. The highest BCUT2D eigenvalue weighted by atomic mass is 35.7. The summed E-state index contributed by atoms with van der Waals surface area (Å²) in [5.41, 5.74) is -0.125. The molecule has 118 valence electrons. The summed E-state index contributed by atoms with van der Waals surface area (Å²) in [7, 11) is 2.84. The van der Waals surface area contributed by atoms with Crippen LogP contribution >= 0.6 is 10.7 Å². The Morgan fingerprint density at radius 3 is 2.52 bits per heavy atom. The molecule has 1 rings (SSSR count). The zero-order chi connectivity index (χ0) is 15.9. The molecule has 0 fully saturated rings. The van der Waals surface area contributed by atoms with Crippen molar-refractivity contribution in [2.75, 3.05) is 32.7 Å². The number of ether oxygens (including phenoxy) is 3. The maximum atomic E-state index is 10.7. The van der Waals surface area contributed by atoms with Crippen LogP contribution in [0.25, 0.3) is 0 Å². The van der Waals surface area contributed by atoms with Crippen molar-refractivity contribution in [3.63, 3.8) is 0 Å². The predicted octanol–water partition coefficient (Wildman–Crippen LogP) is 1.57. The van der Waals surface area contributed by atoms with Gasteiger partial charge in [0.25, 0.3) is 5.69 Å². The van der Waals surface area contributed by atoms with Crippen LogP contribution in [0, 0.1) is 10.1 Å². The number of methoxy groups -OCH3 is 1. The summed E-state index contributed by atoms with van der Waals surface area (Å²) in [6, 6.07) is 3.96. The van der Waals surface area contributed by atoms with E-state index in [2.05, 4.69) is 0 Å². The maximum absolute atomic E-state index is 10.7. The van der Waals surface area contributed by atoms with Gasteiger partial charge in [0, 0.05) is 16.7 Å². The van der Waals surface area contributed by atoms with Gasteiger partial charge in [-0.3, -0.25) is 10.1 Å². The second-order valence-electron chi connectivity index (χ2n) is 3.80. The third kappa shape index (κ3) is 6.61. The molecule has 0 aliphatic heterocycles. The van der Waals surface area contributed by atoms with E-state index in [1.165, 1.54) is 25.3 Å². The summed E-state index contributed by atoms with van der Waals surface area (Å²) in [5.74, 6) is 0.263. The normalized spacial score (nSPS) is 11.1. The highest BCUT2D eigenvalue weighted by Crippen LogP contribution is 2.30. The molecule has 0 bridgehead atoms. The Hall–Kier alpha value is -1.58. The van der Waals surface area contributed by atoms with E-state index in [1.807, 2.05) is 0 Å². The fraction of sp³-hybridized carbons (Fsp3) is 0.455. The molecule has 1 aromatic carbocycles. The zero-order valence-electron chi connectivity index (χ0n) is 11.2. The molecule has 10 heteroatoms. The van der Waals surface area contributed by atoms with Crippen molar-refractivity contribution in [1.29, 1.82) is 0 Å². The van der Waals surface area contributed by atoms with E-state index in [-0.39, 0.29) is 37.0 Å². The Morgan fingerprint density at radius 1 is 1.24 bits per heavy atom. The largest absolute Gasteiger partial charge is 0.493 e. The average Bonchev–Trinajstić information content (AvgIpc) is 2.41. The molecular weight excluding hydrogens is 326 g/mol. The van der Waals surface area contributed by atoms with Crippen molar-refractivity contribution in [2.24, 2.45) is 0 Å². The Bertz CT molecular complexity index is 590. The lowest BCUT2D eigenvalue weighted by Crippen LogP contribution is -2.12. The van der Waals surface area contributed by atoms with Crippen LogP contribution in [-0.2, 0) is 13.8 Å². The number of hydrogen-bond acceptors (Lipinski definition) is 7. The van der Waals surface area contributed by atoms with Crippen molar-refractivity contribution < 1.29 is 27.6 Å². The quantitative estimate of drug-likeness (QED) is 0.291. The van der Waals surface area contributed by atoms with Crippen LogP contribution in [0.5, 0.6) is 11.5 Å². The van der Waals surface area contributed by atoms with Crippen LogP contribution in [0.15, 0.2) is 18.2 Å². The first-order valence-corrected chi connectivity index (χ1v) is 8.26. The van der Waals surface area contributed by atoms with Crippen LogP contribution in [-0.4, -0.2) is 46.0 Å². The topological polar surface area (TPSA) is 105 Å². The van der Waals surface area contributed by atoms with Crippen LogP contribution in [0.2, 0.25) is 0 Å². The van der Waals surface area contributed by atoms with E-state index in [1.54, 1.807) is 0 Å². The lowest BCUT2D eigenvalue weighted by atomic mass is 10.3. The Kier molecular flexibility index (Phi) is 6.66. The molecule has 0 heterocycles. The fourth-order valence-electron chi connectivity index (χ4n) is 1.36. The molecular formula is C11H14ClNO7S. The molecule has 0 saturated heterocycles. The molecule has 0 saturated carbocycles. The summed E-state index contributed by atoms with van der Waals surface area (Å²) < 4.78 is 36.6. The van der Waals surface area contributed by atoms with Crippen LogP contribution < -0.4 is 9.47 Å². The van der Waals surface area contributed by atoms with E-state index in [4.69, 9.17) is 24.9 Å². The van der Waals surface area contributed by atoms with E-state index in [0.717, 1.165) is 0 Å². The molecule has 0 amide bonds. The minimum atomic E-state index is -3.58. The van der Waals surface area contributed by atoms with E-state index < -0.39 is 14.0 Å². The smallest absolute Gasteiger partial charge is 0.273 e. The number of nitro groups is 1. The predicted molar refractivity (Wildman–Crippen MR) is 75.6 cm³/mol. The number of nitrogens with zero attached hydrogens (tertiary/aromatic N) is 1. The van der Waals surface area contributed by atoms with Gasteiger partial charge in [0.05, 0.1) is 37.1 Å². The molecule has 0 N–H and O–H groups in total. The Morgan fingerprint density at radius 2 is 1.95 bits per heavy atom. The number of non-ortho nitro benzene ring substituents is 1. The third-order valence-electron chi connectivity index (χ3n) is 2.31. The van der Waals surface area contributed by atoms with Gasteiger partial charge in [0.1, 0.15) is 6.61 Å². The Labute approximate surface area is 126 Å². The Balaban J connectivity index is 2.47. The maximum Gasteiger partial charge on any atom is 0.273 e. The van der Waals surface area contributed by atoms with Gasteiger partial charge in [-0.05, 0) is 6.07 Å². The molecule has 0 aliphatic carbocycles. The number of nitro benzene ring substituents is 1. The van der Waals surface area contributed by atoms with Gasteiger partial charge in [-0.25, -0.2) is 8.42 Å². The summed E-state index contributed by atoms with van der Waals surface area (Å²) >= 11 is 0. The lowest BCUT2D eigenvalue weighted by Gasteiger charge is -2.10. The van der Waals surface area contributed by atoms with Crippen molar-refractivity contribution >= 4 is 25.4 Å². The summed E-state index contributed by atoms with van der Waals surface area (Å²) in [6.45, 7) is 0.138. The highest BCUT2D eigenvalue weighted by molar-refractivity contribution is 8.13. The summed E-state index contributed by atoms with van der Waals surface area (Å²) in [4.78, 5) is 10.1. The monoisotopic (exact) mass is 339 g/mol. The van der Waals surface area contributed by atoms with Gasteiger partial charge in [-0.1, -0.05) is 0 Å². The van der Waals surface area contributed by atoms with Gasteiger partial charge < -0.3 is 14.2 Å². The van der Waals surface area contributed by atoms with Crippen molar-refractivity contribution in [3.05, 3.63) is 28.3 Å². The third-order valence-corrected chi connectivity index (χ3v) is 3.43. The van der Waals surface area contributed by atoms with Gasteiger partial charge >= 0.3 is 0 Å². The molecule has 0 spiro atoms. The van der Waals surface area contributed by atoms with Crippen LogP contribution in [0.1, 0.15) is 0 Å². The van der Waals surface area contributed by atoms with Gasteiger partial charge in [-0.15, -0.1) is 0 Å². The number of rotatable bonds is 9. The standard InChI is InChI=1S/C11H14ClNO7S/c1-18-10-3-2-9(13(14)15)8-11(10)20-5-4-19-6-7-21(12,16)17/h2-3,8H,4-7H2,1H3. The summed E-state index contributed by atoms with van der Waals surface area (Å²) in [6.07, 6.45) is 0. The van der Waals surface area contributed by atoms with E-state index in [9.17, 15) is 18.5 Å². The molecule has 0 unspecified atom stereocenters. The average molecular weight is 340 g/mol. The minimum Gasteiger partial charge on any atom is -0.493 e. The SMILES string of the molecule is COc1ccc([N+](=O)[O-])cc1OCCOCCS(=O)(=O)Cl. The second-order valence-corrected chi connectivity index (χ2v) is 6.69. The second kappa shape index (κ2) is 8.01. The van der Waals surface area contributed by atoms with Crippen molar-refractivity contribution in [1.82, 2.24) is 0 Å². The van der Waals surface area contributed by atoms with E-state index >= 15 is 0 Å². The lowest BCUT2D eigenvalue weighted by molar-refractivity contribution is -0.385. The van der Waals surface area contributed by atoms with Crippen molar-refractivity contribution in [2.45, 2.75) is 0 Å². The molecule has 1 aromatic rings. The molecule has 0 aliphatic rings. The highest BCUT2D eigenvalue weighted by Gasteiger charge is 2.12. The van der Waals surface area contributed by atoms with Gasteiger partial charge in [0.15, 0.2) is 11.5 Å². The number of hydrogen-bond donors (Lipinski definition) is 0. The van der Waals surface area contributed by atoms with E-state index in [0.29, 0.717) is 5.75 Å². The first-order valence-electron chi connectivity index (χ1n) is 5.79. The van der Waals surface area contributed by atoms with Crippen LogP contribution in [0.3, 0.4) is 0 Å². The zero-order valence-corrected chi connectivity index (χ0v) is 12.7. The molecule has 8 nitrogen and oxygen atoms in total.